The lowest BCUT2D eigenvalue weighted by Gasteiger charge is -2.26. The van der Waals surface area contributed by atoms with Crippen molar-refractivity contribution in [2.45, 2.75) is 32.1 Å². The molecule has 9 nitrogen and oxygen atoms in total. The van der Waals surface area contributed by atoms with Crippen LogP contribution in [-0.4, -0.2) is 40.3 Å². The Bertz CT molecular complexity index is 995. The lowest BCUT2D eigenvalue weighted by Crippen LogP contribution is -2.41. The molecule has 0 amide bonds. The average Bonchev–Trinajstić information content (AvgIpc) is 3.06. The maximum Gasteiger partial charge on any atom is 0.338 e. The van der Waals surface area contributed by atoms with E-state index in [9.17, 15) is 19.2 Å². The zero-order valence-corrected chi connectivity index (χ0v) is 15.5. The van der Waals surface area contributed by atoms with Gasteiger partial charge >= 0.3 is 17.6 Å². The minimum atomic E-state index is -1.23. The van der Waals surface area contributed by atoms with Crippen molar-refractivity contribution in [1.82, 2.24) is 9.55 Å². The second kappa shape index (κ2) is 7.81. The summed E-state index contributed by atoms with van der Waals surface area (Å²) in [5.41, 5.74) is -1.65. The fourth-order valence-electron chi connectivity index (χ4n) is 3.02. The molecule has 1 saturated heterocycles. The maximum absolute atomic E-state index is 12.2. The number of rotatable bonds is 5. The molecule has 0 aliphatic carbocycles. The summed E-state index contributed by atoms with van der Waals surface area (Å²) in [5, 5.41) is 0. The van der Waals surface area contributed by atoms with Crippen molar-refractivity contribution in [2.75, 3.05) is 13.2 Å². The van der Waals surface area contributed by atoms with Crippen LogP contribution >= 0.6 is 0 Å². The molecule has 9 heteroatoms. The number of ether oxygens (including phenoxy) is 3. The van der Waals surface area contributed by atoms with Gasteiger partial charge in [-0.1, -0.05) is 18.2 Å². The van der Waals surface area contributed by atoms with E-state index in [1.54, 1.807) is 37.3 Å². The SMILES string of the molecule is CC(=O)O[C@]1(COC(=O)c2ccccc2)CO[C@@H](n2cc(C)c(=O)[nH]c2=O)C1. The summed E-state index contributed by atoms with van der Waals surface area (Å²) in [7, 11) is 0. The Balaban J connectivity index is 1.78. The third-order valence-electron chi connectivity index (χ3n) is 4.38. The second-order valence-corrected chi connectivity index (χ2v) is 6.67. The zero-order chi connectivity index (χ0) is 20.3. The smallest absolute Gasteiger partial charge is 0.338 e. The van der Waals surface area contributed by atoms with Crippen LogP contribution in [0, 0.1) is 6.92 Å². The topological polar surface area (TPSA) is 117 Å². The van der Waals surface area contributed by atoms with E-state index >= 15 is 0 Å². The van der Waals surface area contributed by atoms with Crippen molar-refractivity contribution in [3.05, 3.63) is 68.5 Å². The number of aryl methyl sites for hydroxylation is 1. The van der Waals surface area contributed by atoms with E-state index in [1.165, 1.54) is 17.7 Å². The fraction of sp³-hybridized carbons (Fsp3) is 0.368. The van der Waals surface area contributed by atoms with Gasteiger partial charge in [-0.25, -0.2) is 9.59 Å². The molecule has 2 heterocycles. The van der Waals surface area contributed by atoms with Crippen LogP contribution in [0.5, 0.6) is 0 Å². The van der Waals surface area contributed by atoms with Crippen LogP contribution in [-0.2, 0) is 19.0 Å². The number of hydrogen-bond donors (Lipinski definition) is 1. The summed E-state index contributed by atoms with van der Waals surface area (Å²) in [6.45, 7) is 2.51. The molecule has 1 N–H and O–H groups in total. The molecule has 2 aromatic rings. The second-order valence-electron chi connectivity index (χ2n) is 6.67. The number of aromatic amines is 1. The van der Waals surface area contributed by atoms with Gasteiger partial charge in [0.05, 0.1) is 12.2 Å². The predicted molar refractivity (Wildman–Crippen MR) is 96.9 cm³/mol. The Morgan fingerprint density at radius 2 is 2.00 bits per heavy atom. The highest BCUT2D eigenvalue weighted by Crippen LogP contribution is 2.34. The highest BCUT2D eigenvalue weighted by atomic mass is 16.6. The number of carbonyl (C=O) groups is 2. The molecule has 28 heavy (non-hydrogen) atoms. The van der Waals surface area contributed by atoms with Crippen LogP contribution in [0.3, 0.4) is 0 Å². The van der Waals surface area contributed by atoms with Gasteiger partial charge in [-0.05, 0) is 19.1 Å². The molecule has 3 rings (SSSR count). The molecule has 0 bridgehead atoms. The van der Waals surface area contributed by atoms with Crippen LogP contribution in [0.2, 0.25) is 0 Å². The van der Waals surface area contributed by atoms with Gasteiger partial charge in [0.2, 0.25) is 0 Å². The van der Waals surface area contributed by atoms with Crippen LogP contribution in [0.15, 0.2) is 46.1 Å². The Kier molecular flexibility index (Phi) is 5.46. The van der Waals surface area contributed by atoms with Crippen molar-refractivity contribution in [2.24, 2.45) is 0 Å². The van der Waals surface area contributed by atoms with Gasteiger partial charge in [-0.15, -0.1) is 0 Å². The number of nitrogens with one attached hydrogen (secondary N) is 1. The van der Waals surface area contributed by atoms with Gasteiger partial charge in [0.1, 0.15) is 12.8 Å². The van der Waals surface area contributed by atoms with Crippen LogP contribution in [0.1, 0.15) is 35.5 Å². The fourth-order valence-corrected chi connectivity index (χ4v) is 3.02. The number of carbonyl (C=O) groups excluding carboxylic acids is 2. The number of H-pyrrole nitrogens is 1. The lowest BCUT2D eigenvalue weighted by molar-refractivity contribution is -0.161. The third kappa shape index (κ3) is 4.20. The average molecular weight is 388 g/mol. The molecular formula is C19H20N2O7. The van der Waals surface area contributed by atoms with Crippen molar-refractivity contribution in [3.8, 4) is 0 Å². The van der Waals surface area contributed by atoms with E-state index < -0.39 is 35.0 Å². The Hall–Kier alpha value is -3.20. The van der Waals surface area contributed by atoms with E-state index in [0.717, 1.165) is 0 Å². The first-order valence-corrected chi connectivity index (χ1v) is 8.65. The number of esters is 2. The van der Waals surface area contributed by atoms with Crippen molar-refractivity contribution < 1.29 is 23.8 Å². The highest BCUT2D eigenvalue weighted by Gasteiger charge is 2.45. The van der Waals surface area contributed by atoms with Gasteiger partial charge in [-0.2, -0.15) is 0 Å². The van der Waals surface area contributed by atoms with Crippen molar-refractivity contribution >= 4 is 11.9 Å². The molecule has 0 unspecified atom stereocenters. The number of hydrogen-bond acceptors (Lipinski definition) is 7. The minimum Gasteiger partial charge on any atom is -0.458 e. The van der Waals surface area contributed by atoms with Gasteiger partial charge in [-0.3, -0.25) is 19.1 Å². The third-order valence-corrected chi connectivity index (χ3v) is 4.38. The van der Waals surface area contributed by atoms with E-state index in [-0.39, 0.29) is 19.6 Å². The first-order valence-electron chi connectivity index (χ1n) is 8.65. The van der Waals surface area contributed by atoms with Crippen molar-refractivity contribution in [1.29, 1.82) is 0 Å². The zero-order valence-electron chi connectivity index (χ0n) is 15.5. The summed E-state index contributed by atoms with van der Waals surface area (Å²) < 4.78 is 17.6. The summed E-state index contributed by atoms with van der Waals surface area (Å²) in [6.07, 6.45) is 0.684. The van der Waals surface area contributed by atoms with Crippen LogP contribution in [0.4, 0.5) is 0 Å². The van der Waals surface area contributed by atoms with Gasteiger partial charge in [0.25, 0.3) is 5.56 Å². The van der Waals surface area contributed by atoms with Gasteiger partial charge in [0.15, 0.2) is 5.60 Å². The first-order chi connectivity index (χ1) is 13.3. The Morgan fingerprint density at radius 3 is 2.68 bits per heavy atom. The minimum absolute atomic E-state index is 0.0655. The van der Waals surface area contributed by atoms with Crippen LogP contribution in [0.25, 0.3) is 0 Å². The molecule has 1 aromatic carbocycles. The molecule has 0 radical (unpaired) electrons. The Morgan fingerprint density at radius 1 is 1.29 bits per heavy atom. The summed E-state index contributed by atoms with van der Waals surface area (Å²) in [6, 6.07) is 8.40. The summed E-state index contributed by atoms with van der Waals surface area (Å²) in [4.78, 5) is 49.7. The predicted octanol–water partition coefficient (Wildman–Crippen LogP) is 0.923. The molecule has 1 fully saturated rings. The molecule has 2 atom stereocenters. The highest BCUT2D eigenvalue weighted by molar-refractivity contribution is 5.89. The molecule has 1 aromatic heterocycles. The Labute approximate surface area is 159 Å². The number of benzene rings is 1. The molecular weight excluding hydrogens is 368 g/mol. The van der Waals surface area contributed by atoms with Crippen molar-refractivity contribution in [3.63, 3.8) is 0 Å². The largest absolute Gasteiger partial charge is 0.458 e. The quantitative estimate of drug-likeness (QED) is 0.757. The van der Waals surface area contributed by atoms with E-state index in [1.807, 2.05) is 0 Å². The monoisotopic (exact) mass is 388 g/mol. The summed E-state index contributed by atoms with van der Waals surface area (Å²) in [5.74, 6) is -1.13. The molecule has 148 valence electrons. The normalized spacial score (nSPS) is 21.3. The maximum atomic E-state index is 12.2. The summed E-state index contributed by atoms with van der Waals surface area (Å²) >= 11 is 0. The number of aromatic nitrogens is 2. The number of nitrogens with zero attached hydrogens (tertiary/aromatic N) is 1. The molecule has 0 spiro atoms. The van der Waals surface area contributed by atoms with Gasteiger partial charge in [0, 0.05) is 25.1 Å². The van der Waals surface area contributed by atoms with E-state index in [4.69, 9.17) is 14.2 Å². The van der Waals surface area contributed by atoms with Gasteiger partial charge < -0.3 is 14.2 Å². The van der Waals surface area contributed by atoms with E-state index in [0.29, 0.717) is 11.1 Å². The molecule has 1 aliphatic rings. The molecule has 0 saturated carbocycles. The lowest BCUT2D eigenvalue weighted by atomic mass is 10.0. The molecule has 1 aliphatic heterocycles. The van der Waals surface area contributed by atoms with Crippen LogP contribution < -0.4 is 11.2 Å². The first kappa shape index (κ1) is 19.6. The van der Waals surface area contributed by atoms with E-state index in [2.05, 4.69) is 4.98 Å². The standard InChI is InChI=1S/C19H20N2O7/c1-12-9-21(18(25)20-16(12)23)15-8-19(10-26-15,28-13(2)22)11-27-17(24)14-6-4-3-5-7-14/h3-7,9,15H,8,10-11H2,1-2H3,(H,20,23,25)/t15-,19+/m1/s1.